The maximum Gasteiger partial charge on any atom is 0.351 e. The normalized spacial score (nSPS) is 31.4. The van der Waals surface area contributed by atoms with Crippen LogP contribution in [0.25, 0.3) is 0 Å². The number of nitrogens with one attached hydrogen (secondary N) is 1. The van der Waals surface area contributed by atoms with Crippen LogP contribution in [0.15, 0.2) is 43.8 Å². The number of ether oxygens (including phenoxy) is 3. The molecule has 6 rings (SSSR count). The Kier molecular flexibility index (Phi) is 12.4. The van der Waals surface area contributed by atoms with E-state index in [1.165, 1.54) is 19.2 Å². The number of nitrogen functional groups attached to an aromatic ring is 2. The van der Waals surface area contributed by atoms with Gasteiger partial charge in [-0.2, -0.15) is 9.97 Å². The number of aromatic nitrogens is 6. The Labute approximate surface area is 283 Å². The third-order valence-electron chi connectivity index (χ3n) is 7.92. The summed E-state index contributed by atoms with van der Waals surface area (Å²) in [6, 6.07) is 1.45. The summed E-state index contributed by atoms with van der Waals surface area (Å²) in [4.78, 5) is 54.0. The molecular formula is C27H37FN8O15. The van der Waals surface area contributed by atoms with E-state index in [-0.39, 0.29) is 18.8 Å². The fourth-order valence-electron chi connectivity index (χ4n) is 5.19. The van der Waals surface area contributed by atoms with Crippen LogP contribution in [0.5, 0.6) is 5.75 Å². The number of H-pyrrole nitrogens is 1. The van der Waals surface area contributed by atoms with Gasteiger partial charge in [-0.25, -0.2) is 18.8 Å². The molecule has 6 heterocycles. The highest BCUT2D eigenvalue weighted by Gasteiger charge is 2.44. The summed E-state index contributed by atoms with van der Waals surface area (Å²) in [5.41, 5.74) is 7.16. The van der Waals surface area contributed by atoms with Crippen molar-refractivity contribution in [1.29, 1.82) is 0 Å². The number of hydrogen-bond donors (Lipinski definition) is 11. The molecule has 0 aromatic carbocycles. The Hall–Kier alpha value is -4.63. The van der Waals surface area contributed by atoms with E-state index in [9.17, 15) is 54.2 Å². The average Bonchev–Trinajstić information content (AvgIpc) is 3.69. The molecule has 0 unspecified atom stereocenters. The van der Waals surface area contributed by atoms with Crippen LogP contribution in [0, 0.1) is 5.82 Å². The number of halogens is 1. The first kappa shape index (κ1) is 39.2. The predicted molar refractivity (Wildman–Crippen MR) is 165 cm³/mol. The third kappa shape index (κ3) is 8.47. The van der Waals surface area contributed by atoms with Crippen molar-refractivity contribution >= 4 is 11.6 Å². The number of anilines is 2. The van der Waals surface area contributed by atoms with E-state index in [4.69, 9.17) is 35.9 Å². The number of aliphatic hydroxyl groups is 7. The zero-order valence-corrected chi connectivity index (χ0v) is 26.5. The van der Waals surface area contributed by atoms with E-state index < -0.39 is 114 Å². The number of aromatic amines is 1. The first-order chi connectivity index (χ1) is 24.0. The summed E-state index contributed by atoms with van der Waals surface area (Å²) >= 11 is 0. The van der Waals surface area contributed by atoms with Gasteiger partial charge in [-0.1, -0.05) is 0 Å². The molecule has 23 nitrogen and oxygen atoms in total. The molecule has 13 N–H and O–H groups in total. The van der Waals surface area contributed by atoms with Gasteiger partial charge in [-0.05, 0) is 13.0 Å². The van der Waals surface area contributed by atoms with Crippen LogP contribution in [-0.2, 0) is 14.2 Å². The molecule has 51 heavy (non-hydrogen) atoms. The van der Waals surface area contributed by atoms with Gasteiger partial charge in [0.15, 0.2) is 36.1 Å². The molecule has 3 aliphatic rings. The van der Waals surface area contributed by atoms with E-state index in [0.29, 0.717) is 0 Å². The fraction of sp³-hybridized carbons (Fsp3) is 0.556. The Balaban J connectivity index is 0.000000172. The van der Waals surface area contributed by atoms with E-state index in [1.54, 1.807) is 0 Å². The zero-order chi connectivity index (χ0) is 37.9. The molecule has 0 saturated carbocycles. The molecule has 24 heteroatoms. The molecule has 3 saturated heterocycles. The molecule has 3 fully saturated rings. The topological polar surface area (TPSA) is 366 Å². The van der Waals surface area contributed by atoms with Crippen LogP contribution < -0.4 is 34.1 Å². The smallest absolute Gasteiger partial charge is 0.351 e. The number of nitrogens with two attached hydrogens (primary N) is 2. The van der Waals surface area contributed by atoms with Crippen LogP contribution in [-0.4, -0.2) is 132 Å². The monoisotopic (exact) mass is 732 g/mol. The first-order valence-corrected chi connectivity index (χ1v) is 15.0. The second-order valence-corrected chi connectivity index (χ2v) is 11.5. The molecule has 0 radical (unpaired) electrons. The van der Waals surface area contributed by atoms with Crippen molar-refractivity contribution in [1.82, 2.24) is 28.7 Å². The van der Waals surface area contributed by atoms with Crippen LogP contribution >= 0.6 is 0 Å². The van der Waals surface area contributed by atoms with E-state index in [2.05, 4.69) is 9.97 Å². The maximum absolute atomic E-state index is 13.2. The summed E-state index contributed by atoms with van der Waals surface area (Å²) in [6.07, 6.45) is -8.30. The third-order valence-corrected chi connectivity index (χ3v) is 7.92. The van der Waals surface area contributed by atoms with Gasteiger partial charge in [0.05, 0.1) is 37.8 Å². The van der Waals surface area contributed by atoms with Gasteiger partial charge in [-0.15, -0.1) is 0 Å². The first-order valence-electron chi connectivity index (χ1n) is 15.0. The summed E-state index contributed by atoms with van der Waals surface area (Å²) in [6.45, 7) is 0.795. The lowest BCUT2D eigenvalue weighted by Crippen LogP contribution is -2.37. The van der Waals surface area contributed by atoms with E-state index in [1.807, 2.05) is 4.98 Å². The largest absolute Gasteiger partial charge is 0.502 e. The SMILES string of the molecule is C[C@H]1O[C@@H](n2cc(F)c(N)nc2=O)[C@H](O)[C@@H]1O.Nc1ccn([C@@H]2O[C@H](CO)C[C@H]2O)c(=O)n1.O=c1[nH]c(=O)n([C@@H]2O[C@H](CO)[C@@H](O)[C@H]2O)cc1O. The van der Waals surface area contributed by atoms with Crippen molar-refractivity contribution in [3.63, 3.8) is 0 Å². The van der Waals surface area contributed by atoms with Gasteiger partial charge in [0, 0.05) is 12.6 Å². The zero-order valence-electron chi connectivity index (χ0n) is 26.5. The quantitative estimate of drug-likeness (QED) is 0.116. The van der Waals surface area contributed by atoms with E-state index in [0.717, 1.165) is 26.1 Å². The molecule has 0 spiro atoms. The predicted octanol–water partition coefficient (Wildman–Crippen LogP) is -6.08. The molecule has 3 aromatic heterocycles. The van der Waals surface area contributed by atoms with Crippen LogP contribution in [0.3, 0.4) is 0 Å². The number of aliphatic hydroxyl groups excluding tert-OH is 7. The highest BCUT2D eigenvalue weighted by atomic mass is 19.1. The molecule has 0 aliphatic carbocycles. The van der Waals surface area contributed by atoms with Crippen molar-refractivity contribution in [2.45, 2.75) is 80.9 Å². The van der Waals surface area contributed by atoms with Gasteiger partial charge >= 0.3 is 17.1 Å². The molecule has 11 atom stereocenters. The average molecular weight is 733 g/mol. The van der Waals surface area contributed by atoms with Crippen LogP contribution in [0.1, 0.15) is 32.0 Å². The molecular weight excluding hydrogens is 695 g/mol. The lowest BCUT2D eigenvalue weighted by molar-refractivity contribution is -0.0552. The highest BCUT2D eigenvalue weighted by molar-refractivity contribution is 5.26. The lowest BCUT2D eigenvalue weighted by Gasteiger charge is -2.17. The summed E-state index contributed by atoms with van der Waals surface area (Å²) in [5.74, 6) is -2.03. The second kappa shape index (κ2) is 16.1. The number of rotatable bonds is 5. The van der Waals surface area contributed by atoms with Gasteiger partial charge in [0.25, 0.3) is 5.56 Å². The molecule has 282 valence electrons. The highest BCUT2D eigenvalue weighted by Crippen LogP contribution is 2.30. The number of nitrogens with zero attached hydrogens (tertiary/aromatic N) is 5. The minimum absolute atomic E-state index is 0.118. The molecule has 0 bridgehead atoms. The Bertz CT molecular complexity index is 1910. The minimum atomic E-state index is -1.47. The number of hydrogen-bond acceptors (Lipinski definition) is 19. The summed E-state index contributed by atoms with van der Waals surface area (Å²) < 4.78 is 31.4. The van der Waals surface area contributed by atoms with Crippen LogP contribution in [0.4, 0.5) is 16.0 Å². The van der Waals surface area contributed by atoms with Gasteiger partial charge < -0.3 is 66.5 Å². The Morgan fingerprint density at radius 2 is 1.47 bits per heavy atom. The van der Waals surface area contributed by atoms with Gasteiger partial charge in [-0.3, -0.25) is 23.5 Å². The second-order valence-electron chi connectivity index (χ2n) is 11.5. The van der Waals surface area contributed by atoms with Gasteiger partial charge in [0.1, 0.15) is 42.4 Å². The number of aromatic hydroxyl groups is 1. The van der Waals surface area contributed by atoms with Crippen molar-refractivity contribution in [2.24, 2.45) is 0 Å². The summed E-state index contributed by atoms with van der Waals surface area (Å²) in [7, 11) is 0. The van der Waals surface area contributed by atoms with Crippen molar-refractivity contribution in [3.8, 4) is 5.75 Å². The van der Waals surface area contributed by atoms with Crippen LogP contribution in [0.2, 0.25) is 0 Å². The fourth-order valence-corrected chi connectivity index (χ4v) is 5.19. The standard InChI is InChI=1S/C9H12FN3O4.C9H13N3O4.C9H12N2O7/c1-3-5(14)6(15)8(17-3)13-2-4(10)7(11)12-9(13)16;10-7-1-2-12(9(15)11-7)8-6(14)3-5(4-13)16-8;12-2-4-5(14)6(15)8(18-4)11-1-3(13)7(16)10-9(11)17/h2-3,5-6,8,14-15H,1H3,(H2,11,12,16);1-2,5-6,8,13-14H,3-4H2,(H2,10,11,15);1,4-6,8,12-15H,2H2,(H,10,16,17)/t3-,5-,6-,8-;5-,6+,8+;4-,5-,6-,8-/m101/s1. The molecule has 3 aromatic rings. The summed E-state index contributed by atoms with van der Waals surface area (Å²) in [5, 5.41) is 75.0. The molecule has 0 amide bonds. The Morgan fingerprint density at radius 3 is 2.02 bits per heavy atom. The molecule has 3 aliphatic heterocycles. The maximum atomic E-state index is 13.2. The van der Waals surface area contributed by atoms with Gasteiger partial charge in [0.2, 0.25) is 0 Å². The van der Waals surface area contributed by atoms with Crippen molar-refractivity contribution < 1.29 is 59.5 Å². The van der Waals surface area contributed by atoms with Crippen molar-refractivity contribution in [3.05, 3.63) is 72.3 Å². The lowest BCUT2D eigenvalue weighted by atomic mass is 10.1. The Morgan fingerprint density at radius 1 is 0.843 bits per heavy atom. The van der Waals surface area contributed by atoms with Crippen molar-refractivity contribution in [2.75, 3.05) is 24.7 Å². The van der Waals surface area contributed by atoms with E-state index >= 15 is 0 Å². The minimum Gasteiger partial charge on any atom is -0.502 e.